The molecule has 1 aromatic rings. The van der Waals surface area contributed by atoms with Crippen LogP contribution >= 0.6 is 12.2 Å². The predicted octanol–water partition coefficient (Wildman–Crippen LogP) is 1.28. The first-order chi connectivity index (χ1) is 4.72. The molecule has 0 bridgehead atoms. The quantitative estimate of drug-likeness (QED) is 0.601. The minimum atomic E-state index is 0.455. The molecule has 1 rings (SSSR count). The van der Waals surface area contributed by atoms with Crippen molar-refractivity contribution in [3.05, 3.63) is 16.5 Å². The van der Waals surface area contributed by atoms with Crippen LogP contribution in [-0.2, 0) is 6.42 Å². The minimum Gasteiger partial charge on any atom is -0.384 e. The van der Waals surface area contributed by atoms with Gasteiger partial charge in [0.2, 0.25) is 0 Å². The molecule has 0 aliphatic heterocycles. The Balaban J connectivity index is 3.19. The van der Waals surface area contributed by atoms with E-state index in [1.807, 2.05) is 6.92 Å². The summed E-state index contributed by atoms with van der Waals surface area (Å²) in [5.74, 6) is 0.487. The summed E-state index contributed by atoms with van der Waals surface area (Å²) in [4.78, 5) is 6.74. The molecule has 0 unspecified atom stereocenters. The van der Waals surface area contributed by atoms with Crippen molar-refractivity contribution < 1.29 is 0 Å². The molecule has 1 aromatic heterocycles. The Hall–Kier alpha value is -0.900. The zero-order chi connectivity index (χ0) is 7.56. The Kier molecular flexibility index (Phi) is 2.01. The molecule has 0 saturated carbocycles. The Labute approximate surface area is 64.3 Å². The van der Waals surface area contributed by atoms with E-state index in [4.69, 9.17) is 18.0 Å². The van der Waals surface area contributed by atoms with E-state index in [2.05, 4.69) is 9.97 Å². The van der Waals surface area contributed by atoms with E-state index in [1.54, 1.807) is 6.07 Å². The Bertz CT molecular complexity index is 279. The van der Waals surface area contributed by atoms with Crippen molar-refractivity contribution in [2.75, 3.05) is 5.73 Å². The Morgan fingerprint density at radius 3 is 3.00 bits per heavy atom. The van der Waals surface area contributed by atoms with Crippen LogP contribution in [0.1, 0.15) is 12.6 Å². The third-order valence-electron chi connectivity index (χ3n) is 1.20. The fourth-order valence-electron chi connectivity index (χ4n) is 0.720. The highest BCUT2D eigenvalue weighted by Crippen LogP contribution is 1.99. The van der Waals surface area contributed by atoms with Gasteiger partial charge in [0.1, 0.15) is 5.82 Å². The fraction of sp³-hybridized carbons (Fsp3) is 0.333. The Morgan fingerprint density at radius 2 is 2.50 bits per heavy atom. The second-order valence-corrected chi connectivity index (χ2v) is 2.38. The molecule has 0 spiro atoms. The highest BCUT2D eigenvalue weighted by molar-refractivity contribution is 7.71. The minimum absolute atomic E-state index is 0.455. The van der Waals surface area contributed by atoms with Crippen LogP contribution in [0.2, 0.25) is 0 Å². The third-order valence-corrected chi connectivity index (χ3v) is 1.39. The lowest BCUT2D eigenvalue weighted by Gasteiger charge is -1.96. The fourth-order valence-corrected chi connectivity index (χ4v) is 0.956. The van der Waals surface area contributed by atoms with Crippen LogP contribution in [-0.4, -0.2) is 9.97 Å². The van der Waals surface area contributed by atoms with Crippen LogP contribution in [0.4, 0.5) is 5.82 Å². The van der Waals surface area contributed by atoms with E-state index in [0.29, 0.717) is 10.6 Å². The number of H-pyrrole nitrogens is 1. The summed E-state index contributed by atoms with van der Waals surface area (Å²) >= 11 is 4.81. The van der Waals surface area contributed by atoms with Gasteiger partial charge in [0.15, 0.2) is 4.77 Å². The molecular formula is C6H9N3S. The second kappa shape index (κ2) is 2.79. The van der Waals surface area contributed by atoms with Gasteiger partial charge >= 0.3 is 0 Å². The molecular weight excluding hydrogens is 146 g/mol. The average molecular weight is 155 g/mol. The van der Waals surface area contributed by atoms with Crippen LogP contribution in [0, 0.1) is 4.77 Å². The Morgan fingerprint density at radius 1 is 1.80 bits per heavy atom. The predicted molar refractivity (Wildman–Crippen MR) is 43.2 cm³/mol. The standard InChI is InChI=1S/C6H9N3S/c1-2-4-3-5(7)9-6(10)8-4/h3H,2H2,1H3,(H3,7,8,9,10). The lowest BCUT2D eigenvalue weighted by molar-refractivity contribution is 0.989. The van der Waals surface area contributed by atoms with Gasteiger partial charge in [-0.3, -0.25) is 0 Å². The molecule has 0 radical (unpaired) electrons. The van der Waals surface area contributed by atoms with Crippen molar-refractivity contribution in [2.45, 2.75) is 13.3 Å². The van der Waals surface area contributed by atoms with Crippen molar-refractivity contribution in [3.8, 4) is 0 Å². The number of hydrogen-bond acceptors (Lipinski definition) is 3. The van der Waals surface area contributed by atoms with Crippen molar-refractivity contribution in [3.63, 3.8) is 0 Å². The summed E-state index contributed by atoms with van der Waals surface area (Å²) in [7, 11) is 0. The van der Waals surface area contributed by atoms with Gasteiger partial charge in [-0.1, -0.05) is 6.92 Å². The topological polar surface area (TPSA) is 54.7 Å². The summed E-state index contributed by atoms with van der Waals surface area (Å²) in [5.41, 5.74) is 6.46. The van der Waals surface area contributed by atoms with Gasteiger partial charge in [0, 0.05) is 5.69 Å². The highest BCUT2D eigenvalue weighted by Gasteiger charge is 1.90. The highest BCUT2D eigenvalue weighted by atomic mass is 32.1. The largest absolute Gasteiger partial charge is 0.384 e. The van der Waals surface area contributed by atoms with Crippen molar-refractivity contribution in [1.82, 2.24) is 9.97 Å². The average Bonchev–Trinajstić information content (AvgIpc) is 1.85. The summed E-state index contributed by atoms with van der Waals surface area (Å²) < 4.78 is 0.455. The molecule has 3 nitrogen and oxygen atoms in total. The van der Waals surface area contributed by atoms with Gasteiger partial charge in [0.05, 0.1) is 0 Å². The number of rotatable bonds is 1. The van der Waals surface area contributed by atoms with Crippen molar-refractivity contribution >= 4 is 18.0 Å². The maximum atomic E-state index is 5.44. The molecule has 0 atom stereocenters. The normalized spacial score (nSPS) is 9.70. The third kappa shape index (κ3) is 1.54. The van der Waals surface area contributed by atoms with E-state index in [1.165, 1.54) is 0 Å². The molecule has 3 N–H and O–H groups in total. The smallest absolute Gasteiger partial charge is 0.198 e. The van der Waals surface area contributed by atoms with E-state index in [-0.39, 0.29) is 0 Å². The summed E-state index contributed by atoms with van der Waals surface area (Å²) in [6, 6.07) is 1.79. The van der Waals surface area contributed by atoms with Gasteiger partial charge in [0.25, 0.3) is 0 Å². The number of aromatic nitrogens is 2. The number of anilines is 1. The number of aromatic amines is 1. The zero-order valence-corrected chi connectivity index (χ0v) is 6.53. The number of nitrogens with one attached hydrogen (secondary N) is 1. The number of aryl methyl sites for hydroxylation is 1. The molecule has 0 saturated heterocycles. The molecule has 54 valence electrons. The lowest BCUT2D eigenvalue weighted by atomic mass is 10.3. The molecule has 0 fully saturated rings. The van der Waals surface area contributed by atoms with Crippen molar-refractivity contribution in [2.24, 2.45) is 0 Å². The zero-order valence-electron chi connectivity index (χ0n) is 5.72. The van der Waals surface area contributed by atoms with Gasteiger partial charge in [-0.15, -0.1) is 0 Å². The van der Waals surface area contributed by atoms with E-state index < -0.39 is 0 Å². The molecule has 4 heteroatoms. The van der Waals surface area contributed by atoms with Crippen LogP contribution in [0.25, 0.3) is 0 Å². The number of nitrogens with two attached hydrogens (primary N) is 1. The summed E-state index contributed by atoms with van der Waals surface area (Å²) in [6.07, 6.45) is 0.899. The van der Waals surface area contributed by atoms with Gasteiger partial charge in [-0.25, -0.2) is 4.98 Å². The summed E-state index contributed by atoms with van der Waals surface area (Å²) in [6.45, 7) is 2.03. The van der Waals surface area contributed by atoms with Crippen LogP contribution in [0.3, 0.4) is 0 Å². The first-order valence-electron chi connectivity index (χ1n) is 3.08. The van der Waals surface area contributed by atoms with E-state index in [9.17, 15) is 0 Å². The molecule has 0 amide bonds. The maximum absolute atomic E-state index is 5.44. The lowest BCUT2D eigenvalue weighted by Crippen LogP contribution is -1.95. The molecule has 0 aromatic carbocycles. The van der Waals surface area contributed by atoms with Gasteiger partial charge in [-0.2, -0.15) is 0 Å². The van der Waals surface area contributed by atoms with Crippen molar-refractivity contribution in [1.29, 1.82) is 0 Å². The number of nitrogens with zero attached hydrogens (tertiary/aromatic N) is 1. The SMILES string of the molecule is CCc1cc(N)nc(=S)[nH]1. The van der Waals surface area contributed by atoms with Gasteiger partial charge in [-0.05, 0) is 24.7 Å². The van der Waals surface area contributed by atoms with E-state index >= 15 is 0 Å². The van der Waals surface area contributed by atoms with Crippen LogP contribution < -0.4 is 5.73 Å². The molecule has 1 heterocycles. The number of nitrogen functional groups attached to an aromatic ring is 1. The van der Waals surface area contributed by atoms with E-state index in [0.717, 1.165) is 12.1 Å². The first-order valence-corrected chi connectivity index (χ1v) is 3.49. The first kappa shape index (κ1) is 7.21. The van der Waals surface area contributed by atoms with Gasteiger partial charge < -0.3 is 10.7 Å². The van der Waals surface area contributed by atoms with Crippen LogP contribution in [0.15, 0.2) is 6.07 Å². The summed E-state index contributed by atoms with van der Waals surface area (Å²) in [5, 5.41) is 0. The second-order valence-electron chi connectivity index (χ2n) is 1.99. The number of hydrogen-bond donors (Lipinski definition) is 2. The molecule has 10 heavy (non-hydrogen) atoms. The maximum Gasteiger partial charge on any atom is 0.198 e. The van der Waals surface area contributed by atoms with Crippen LogP contribution in [0.5, 0.6) is 0 Å². The molecule has 0 aliphatic carbocycles. The monoisotopic (exact) mass is 155 g/mol. The molecule has 0 aliphatic rings.